The molecule has 31 heavy (non-hydrogen) atoms. The number of pyridine rings is 1. The third-order valence-electron chi connectivity index (χ3n) is 6.20. The van der Waals surface area contributed by atoms with Gasteiger partial charge in [0.25, 0.3) is 0 Å². The molecule has 0 unspecified atom stereocenters. The van der Waals surface area contributed by atoms with Gasteiger partial charge in [-0.25, -0.2) is 4.98 Å². The van der Waals surface area contributed by atoms with Crippen molar-refractivity contribution in [3.8, 4) is 5.69 Å². The maximum atomic E-state index is 4.62. The van der Waals surface area contributed by atoms with Crippen LogP contribution in [0.4, 0.5) is 0 Å². The van der Waals surface area contributed by atoms with Gasteiger partial charge in [-0.2, -0.15) is 0 Å². The van der Waals surface area contributed by atoms with Gasteiger partial charge in [0, 0.05) is 54.5 Å². The van der Waals surface area contributed by atoms with Gasteiger partial charge in [0.1, 0.15) is 5.82 Å². The molecular formula is C26H35N5. The van der Waals surface area contributed by atoms with Crippen molar-refractivity contribution in [2.45, 2.75) is 77.7 Å². The highest BCUT2D eigenvalue weighted by molar-refractivity contribution is 5.36. The third-order valence-corrected chi connectivity index (χ3v) is 6.20. The van der Waals surface area contributed by atoms with Gasteiger partial charge < -0.3 is 9.88 Å². The van der Waals surface area contributed by atoms with Crippen LogP contribution in [0.15, 0.2) is 61.1 Å². The molecule has 0 amide bonds. The molecule has 5 nitrogen and oxygen atoms in total. The second kappa shape index (κ2) is 8.56. The number of rotatable bonds is 6. The molecule has 0 spiro atoms. The minimum Gasteiger partial charge on any atom is -0.307 e. The van der Waals surface area contributed by atoms with Crippen LogP contribution in [0.5, 0.6) is 0 Å². The van der Waals surface area contributed by atoms with Crippen molar-refractivity contribution < 1.29 is 0 Å². The van der Waals surface area contributed by atoms with Crippen LogP contribution in [0, 0.1) is 6.92 Å². The summed E-state index contributed by atoms with van der Waals surface area (Å²) >= 11 is 0. The Morgan fingerprint density at radius 3 is 2.23 bits per heavy atom. The largest absolute Gasteiger partial charge is 0.307 e. The molecule has 5 heteroatoms. The maximum absolute atomic E-state index is 4.62. The number of aryl methyl sites for hydroxylation is 1. The number of imidazole rings is 1. The summed E-state index contributed by atoms with van der Waals surface area (Å²) in [6, 6.07) is 15.6. The molecule has 0 radical (unpaired) electrons. The molecule has 0 saturated carbocycles. The second-order valence-corrected chi connectivity index (χ2v) is 10.2. The molecule has 1 aromatic carbocycles. The first kappa shape index (κ1) is 21.7. The predicted molar refractivity (Wildman–Crippen MR) is 126 cm³/mol. The van der Waals surface area contributed by atoms with Crippen LogP contribution in [-0.4, -0.2) is 36.6 Å². The molecule has 1 fully saturated rings. The normalized spacial score (nSPS) is 18.4. The molecule has 0 atom stereocenters. The molecule has 1 aliphatic heterocycles. The number of hydrogen-bond donors (Lipinski definition) is 1. The lowest BCUT2D eigenvalue weighted by Crippen LogP contribution is -2.62. The summed E-state index contributed by atoms with van der Waals surface area (Å²) in [6.07, 6.45) is 7.99. The minimum absolute atomic E-state index is 0.109. The van der Waals surface area contributed by atoms with Crippen molar-refractivity contribution in [3.05, 3.63) is 78.1 Å². The average Bonchev–Trinajstić information content (AvgIpc) is 3.12. The van der Waals surface area contributed by atoms with Gasteiger partial charge >= 0.3 is 0 Å². The third kappa shape index (κ3) is 5.41. The van der Waals surface area contributed by atoms with Crippen molar-refractivity contribution in [2.75, 3.05) is 0 Å². The number of aromatic nitrogens is 3. The van der Waals surface area contributed by atoms with E-state index < -0.39 is 0 Å². The van der Waals surface area contributed by atoms with Gasteiger partial charge in [-0.3, -0.25) is 9.88 Å². The highest BCUT2D eigenvalue weighted by atomic mass is 15.2. The number of nitrogens with zero attached hydrogens (tertiary/aromatic N) is 4. The summed E-state index contributed by atoms with van der Waals surface area (Å²) in [6.45, 7) is 13.1. The molecular weight excluding hydrogens is 382 g/mol. The lowest BCUT2D eigenvalue weighted by molar-refractivity contribution is 0.0556. The quantitative estimate of drug-likeness (QED) is 0.620. The number of benzene rings is 1. The van der Waals surface area contributed by atoms with Gasteiger partial charge in [0.15, 0.2) is 0 Å². The molecule has 1 aliphatic rings. The fourth-order valence-corrected chi connectivity index (χ4v) is 5.19. The number of piperidine rings is 1. The Bertz CT molecular complexity index is 972. The van der Waals surface area contributed by atoms with E-state index in [1.54, 1.807) is 0 Å². The summed E-state index contributed by atoms with van der Waals surface area (Å²) in [7, 11) is 0. The van der Waals surface area contributed by atoms with E-state index in [0.29, 0.717) is 6.04 Å². The molecule has 4 rings (SSSR count). The molecule has 0 bridgehead atoms. The predicted octanol–water partition coefficient (Wildman–Crippen LogP) is 4.89. The van der Waals surface area contributed by atoms with Gasteiger partial charge in [-0.1, -0.05) is 18.2 Å². The summed E-state index contributed by atoms with van der Waals surface area (Å²) < 4.78 is 2.12. The van der Waals surface area contributed by atoms with Crippen LogP contribution in [0.25, 0.3) is 5.69 Å². The molecule has 1 N–H and O–H groups in total. The Hall–Kier alpha value is -2.50. The SMILES string of the molecule is Cc1nccn1-c1ccc(CN(Cc2ccccn2)C2CC(C)(C)NC(C)(C)C2)cc1. The summed E-state index contributed by atoms with van der Waals surface area (Å²) in [5, 5.41) is 3.82. The Morgan fingerprint density at radius 1 is 0.935 bits per heavy atom. The van der Waals surface area contributed by atoms with Crippen LogP contribution >= 0.6 is 0 Å². The van der Waals surface area contributed by atoms with E-state index in [-0.39, 0.29) is 11.1 Å². The average molecular weight is 418 g/mol. The summed E-state index contributed by atoms with van der Waals surface area (Å²) in [4.78, 5) is 11.6. The Morgan fingerprint density at radius 2 is 1.65 bits per heavy atom. The van der Waals surface area contributed by atoms with E-state index >= 15 is 0 Å². The van der Waals surface area contributed by atoms with E-state index in [1.165, 1.54) is 5.56 Å². The lowest BCUT2D eigenvalue weighted by atomic mass is 9.79. The van der Waals surface area contributed by atoms with Gasteiger partial charge in [-0.05, 0) is 77.3 Å². The molecule has 3 aromatic rings. The summed E-state index contributed by atoms with van der Waals surface area (Å²) in [5.41, 5.74) is 3.82. The zero-order valence-corrected chi connectivity index (χ0v) is 19.5. The van der Waals surface area contributed by atoms with E-state index in [1.807, 2.05) is 31.6 Å². The standard InChI is InChI=1S/C26H35N5/c1-20-27-14-15-31(20)23-11-9-21(10-12-23)18-30(19-22-8-6-7-13-28-22)24-16-25(2,3)29-26(4,5)17-24/h6-15,24,29H,16-19H2,1-5H3. The lowest BCUT2D eigenvalue weighted by Gasteiger charge is -2.49. The van der Waals surface area contributed by atoms with Gasteiger partial charge in [-0.15, -0.1) is 0 Å². The minimum atomic E-state index is 0.109. The highest BCUT2D eigenvalue weighted by Crippen LogP contribution is 2.33. The fourth-order valence-electron chi connectivity index (χ4n) is 5.19. The van der Waals surface area contributed by atoms with Crippen molar-refractivity contribution in [1.82, 2.24) is 24.8 Å². The number of nitrogens with one attached hydrogen (secondary N) is 1. The van der Waals surface area contributed by atoms with Crippen molar-refractivity contribution in [1.29, 1.82) is 0 Å². The monoisotopic (exact) mass is 417 g/mol. The van der Waals surface area contributed by atoms with E-state index in [2.05, 4.69) is 88.8 Å². The topological polar surface area (TPSA) is 46.0 Å². The fraction of sp³-hybridized carbons (Fsp3) is 0.462. The first-order valence-electron chi connectivity index (χ1n) is 11.2. The maximum Gasteiger partial charge on any atom is 0.110 e. The van der Waals surface area contributed by atoms with Crippen molar-refractivity contribution in [2.24, 2.45) is 0 Å². The second-order valence-electron chi connectivity index (χ2n) is 10.2. The summed E-state index contributed by atoms with van der Waals surface area (Å²) in [5.74, 6) is 1.00. The van der Waals surface area contributed by atoms with Crippen molar-refractivity contribution in [3.63, 3.8) is 0 Å². The van der Waals surface area contributed by atoms with Crippen LogP contribution in [0.1, 0.15) is 57.6 Å². The van der Waals surface area contributed by atoms with Crippen LogP contribution in [-0.2, 0) is 13.1 Å². The van der Waals surface area contributed by atoms with Gasteiger partial charge in [0.2, 0.25) is 0 Å². The molecule has 3 heterocycles. The van der Waals surface area contributed by atoms with E-state index in [0.717, 1.165) is 43.1 Å². The van der Waals surface area contributed by atoms with Gasteiger partial charge in [0.05, 0.1) is 5.69 Å². The highest BCUT2D eigenvalue weighted by Gasteiger charge is 2.39. The van der Waals surface area contributed by atoms with Crippen LogP contribution < -0.4 is 5.32 Å². The van der Waals surface area contributed by atoms with Crippen LogP contribution in [0.3, 0.4) is 0 Å². The Labute approximate surface area is 186 Å². The molecule has 0 aliphatic carbocycles. The van der Waals surface area contributed by atoms with E-state index in [4.69, 9.17) is 0 Å². The number of hydrogen-bond acceptors (Lipinski definition) is 4. The van der Waals surface area contributed by atoms with Crippen LogP contribution in [0.2, 0.25) is 0 Å². The Balaban J connectivity index is 1.58. The smallest absolute Gasteiger partial charge is 0.110 e. The van der Waals surface area contributed by atoms with E-state index in [9.17, 15) is 0 Å². The molecule has 1 saturated heterocycles. The Kier molecular flexibility index (Phi) is 6.00. The first-order chi connectivity index (χ1) is 14.7. The first-order valence-corrected chi connectivity index (χ1v) is 11.2. The molecule has 2 aromatic heterocycles. The zero-order chi connectivity index (χ0) is 22.1. The zero-order valence-electron chi connectivity index (χ0n) is 19.5. The molecule has 164 valence electrons. The van der Waals surface area contributed by atoms with Crippen molar-refractivity contribution >= 4 is 0 Å².